The molecule has 2 N–H and O–H groups in total. The van der Waals surface area contributed by atoms with Crippen LogP contribution in [-0.2, 0) is 4.74 Å². The van der Waals surface area contributed by atoms with Crippen LogP contribution in [0.5, 0.6) is 0 Å². The molecule has 0 aliphatic rings. The Labute approximate surface area is 61.7 Å². The number of carbonyl (C=O) groups excluding carboxylic acids is 1. The van der Waals surface area contributed by atoms with E-state index < -0.39 is 6.09 Å². The average molecular weight is 229 g/mol. The van der Waals surface area contributed by atoms with E-state index >= 15 is 0 Å². The summed E-state index contributed by atoms with van der Waals surface area (Å²) in [6, 6.07) is 0. The van der Waals surface area contributed by atoms with Crippen LogP contribution in [0.15, 0.2) is 0 Å². The van der Waals surface area contributed by atoms with Crippen molar-refractivity contribution in [2.75, 3.05) is 4.43 Å². The first kappa shape index (κ1) is 8.00. The van der Waals surface area contributed by atoms with Gasteiger partial charge in [-0.05, 0) is 6.92 Å². The highest BCUT2D eigenvalue weighted by Crippen LogP contribution is 1.94. The molecule has 0 aromatic carbocycles. The van der Waals surface area contributed by atoms with Crippen LogP contribution < -0.4 is 5.73 Å². The third-order valence-electron chi connectivity index (χ3n) is 0.535. The molecule has 4 heteroatoms. The zero-order chi connectivity index (χ0) is 6.57. The van der Waals surface area contributed by atoms with E-state index in [-0.39, 0.29) is 6.10 Å². The molecule has 1 amide bonds. The van der Waals surface area contributed by atoms with E-state index in [4.69, 9.17) is 5.73 Å². The Morgan fingerprint density at radius 2 is 2.50 bits per heavy atom. The van der Waals surface area contributed by atoms with Gasteiger partial charge < -0.3 is 10.5 Å². The lowest BCUT2D eigenvalue weighted by molar-refractivity contribution is 0.128. The molecule has 0 spiro atoms. The summed E-state index contributed by atoms with van der Waals surface area (Å²) in [6.07, 6.45) is -0.762. The maximum Gasteiger partial charge on any atom is 0.404 e. The second kappa shape index (κ2) is 3.94. The number of halogens is 1. The van der Waals surface area contributed by atoms with Crippen LogP contribution in [0.2, 0.25) is 0 Å². The quantitative estimate of drug-likeness (QED) is 0.565. The lowest BCUT2D eigenvalue weighted by Gasteiger charge is -2.05. The molecule has 0 aliphatic carbocycles. The summed E-state index contributed by atoms with van der Waals surface area (Å²) < 4.78 is 5.31. The molecular formula is C4H8INO2. The van der Waals surface area contributed by atoms with Gasteiger partial charge in [0.05, 0.1) is 0 Å². The first-order valence-corrected chi connectivity index (χ1v) is 3.71. The molecule has 1 atom stereocenters. The van der Waals surface area contributed by atoms with Gasteiger partial charge in [-0.2, -0.15) is 0 Å². The maximum atomic E-state index is 9.97. The monoisotopic (exact) mass is 229 g/mol. The van der Waals surface area contributed by atoms with E-state index in [1.807, 2.05) is 0 Å². The van der Waals surface area contributed by atoms with Gasteiger partial charge in [0.1, 0.15) is 6.10 Å². The summed E-state index contributed by atoms with van der Waals surface area (Å²) in [5, 5.41) is 0. The van der Waals surface area contributed by atoms with Crippen molar-refractivity contribution in [1.29, 1.82) is 0 Å². The summed E-state index contributed by atoms with van der Waals surface area (Å²) in [4.78, 5) is 9.97. The van der Waals surface area contributed by atoms with Crippen LogP contribution >= 0.6 is 22.6 Å². The number of amides is 1. The van der Waals surface area contributed by atoms with Crippen LogP contribution in [0.25, 0.3) is 0 Å². The Balaban J connectivity index is 3.24. The predicted molar refractivity (Wildman–Crippen MR) is 39.0 cm³/mol. The first-order chi connectivity index (χ1) is 3.66. The fourth-order valence-corrected chi connectivity index (χ4v) is 0.410. The van der Waals surface area contributed by atoms with Crippen molar-refractivity contribution in [1.82, 2.24) is 0 Å². The molecule has 8 heavy (non-hydrogen) atoms. The van der Waals surface area contributed by atoms with Gasteiger partial charge in [0, 0.05) is 4.43 Å². The highest BCUT2D eigenvalue weighted by molar-refractivity contribution is 14.1. The van der Waals surface area contributed by atoms with E-state index in [1.54, 1.807) is 6.92 Å². The van der Waals surface area contributed by atoms with Crippen LogP contribution in [0, 0.1) is 0 Å². The van der Waals surface area contributed by atoms with Gasteiger partial charge in [0.2, 0.25) is 0 Å². The maximum absolute atomic E-state index is 9.97. The number of rotatable bonds is 2. The fourth-order valence-electron chi connectivity index (χ4n) is 0.230. The van der Waals surface area contributed by atoms with Crippen molar-refractivity contribution in [3.8, 4) is 0 Å². The van der Waals surface area contributed by atoms with E-state index in [2.05, 4.69) is 27.3 Å². The first-order valence-electron chi connectivity index (χ1n) is 2.19. The number of primary amides is 1. The summed E-state index contributed by atoms with van der Waals surface area (Å²) in [6.45, 7) is 1.79. The van der Waals surface area contributed by atoms with Gasteiger partial charge in [-0.15, -0.1) is 0 Å². The Morgan fingerprint density at radius 3 is 2.62 bits per heavy atom. The molecule has 0 aromatic heterocycles. The van der Waals surface area contributed by atoms with Crippen molar-refractivity contribution < 1.29 is 9.53 Å². The van der Waals surface area contributed by atoms with Gasteiger partial charge in [-0.25, -0.2) is 4.79 Å². The molecule has 0 bridgehead atoms. The van der Waals surface area contributed by atoms with Crippen molar-refractivity contribution in [2.45, 2.75) is 13.0 Å². The van der Waals surface area contributed by atoms with Gasteiger partial charge in [-0.3, -0.25) is 0 Å². The average Bonchev–Trinajstić information content (AvgIpc) is 1.65. The van der Waals surface area contributed by atoms with Gasteiger partial charge >= 0.3 is 6.09 Å². The van der Waals surface area contributed by atoms with Crippen molar-refractivity contribution in [3.05, 3.63) is 0 Å². The summed E-state index contributed by atoms with van der Waals surface area (Å²) in [5.74, 6) is 0. The lowest BCUT2D eigenvalue weighted by atomic mass is 10.5. The smallest absolute Gasteiger partial charge is 0.404 e. The molecule has 0 saturated carbocycles. The van der Waals surface area contributed by atoms with E-state index in [0.717, 1.165) is 4.43 Å². The molecule has 0 heterocycles. The fraction of sp³-hybridized carbons (Fsp3) is 0.750. The minimum Gasteiger partial charge on any atom is -0.446 e. The SMILES string of the molecule is CC(CI)OC(N)=O. The number of alkyl halides is 1. The zero-order valence-corrected chi connectivity index (χ0v) is 6.71. The van der Waals surface area contributed by atoms with Gasteiger partial charge in [-0.1, -0.05) is 22.6 Å². The number of carbonyl (C=O) groups is 1. The molecule has 0 aromatic rings. The molecule has 48 valence electrons. The molecular weight excluding hydrogens is 221 g/mol. The Hall–Kier alpha value is 0. The minimum atomic E-state index is -0.700. The predicted octanol–water partition coefficient (Wildman–Crippen LogP) is 0.905. The third-order valence-corrected chi connectivity index (χ3v) is 1.78. The number of nitrogens with two attached hydrogens (primary N) is 1. The van der Waals surface area contributed by atoms with Crippen molar-refractivity contribution >= 4 is 28.7 Å². The van der Waals surface area contributed by atoms with Crippen LogP contribution in [0.3, 0.4) is 0 Å². The lowest BCUT2D eigenvalue weighted by Crippen LogP contribution is -2.20. The van der Waals surface area contributed by atoms with Gasteiger partial charge in [0.15, 0.2) is 0 Å². The largest absolute Gasteiger partial charge is 0.446 e. The van der Waals surface area contributed by atoms with Crippen LogP contribution in [0.1, 0.15) is 6.92 Å². The number of hydrogen-bond acceptors (Lipinski definition) is 2. The zero-order valence-electron chi connectivity index (χ0n) is 4.56. The van der Waals surface area contributed by atoms with Gasteiger partial charge in [0.25, 0.3) is 0 Å². The molecule has 0 fully saturated rings. The Morgan fingerprint density at radius 1 is 2.00 bits per heavy atom. The van der Waals surface area contributed by atoms with E-state index in [9.17, 15) is 4.79 Å². The van der Waals surface area contributed by atoms with E-state index in [1.165, 1.54) is 0 Å². The summed E-state index contributed by atoms with van der Waals surface area (Å²) in [5.41, 5.74) is 4.70. The van der Waals surface area contributed by atoms with Crippen molar-refractivity contribution in [2.24, 2.45) is 5.73 Å². The number of ether oxygens (including phenoxy) is 1. The minimum absolute atomic E-state index is 0.0619. The highest BCUT2D eigenvalue weighted by Gasteiger charge is 2.00. The Bertz CT molecular complexity index is 86.1. The van der Waals surface area contributed by atoms with Crippen LogP contribution in [0.4, 0.5) is 4.79 Å². The highest BCUT2D eigenvalue weighted by atomic mass is 127. The second-order valence-corrected chi connectivity index (χ2v) is 2.28. The molecule has 3 nitrogen and oxygen atoms in total. The third kappa shape index (κ3) is 4.17. The standard InChI is InChI=1S/C4H8INO2/c1-3(2-5)8-4(6)7/h3H,2H2,1H3,(H2,6,7). The molecule has 0 radical (unpaired) electrons. The molecule has 0 saturated heterocycles. The Kier molecular flexibility index (Phi) is 3.94. The molecule has 1 unspecified atom stereocenters. The van der Waals surface area contributed by atoms with Crippen LogP contribution in [-0.4, -0.2) is 16.6 Å². The summed E-state index contributed by atoms with van der Waals surface area (Å²) in [7, 11) is 0. The number of hydrogen-bond donors (Lipinski definition) is 1. The summed E-state index contributed by atoms with van der Waals surface area (Å²) >= 11 is 2.11. The molecule has 0 aliphatic heterocycles. The molecule has 0 rings (SSSR count). The second-order valence-electron chi connectivity index (χ2n) is 1.40. The van der Waals surface area contributed by atoms with E-state index in [0.29, 0.717) is 0 Å². The topological polar surface area (TPSA) is 52.3 Å². The van der Waals surface area contributed by atoms with Crippen molar-refractivity contribution in [3.63, 3.8) is 0 Å². The normalized spacial score (nSPS) is 12.8.